The predicted octanol–water partition coefficient (Wildman–Crippen LogP) is 5.43. The van der Waals surface area contributed by atoms with E-state index in [9.17, 15) is 9.59 Å². The number of Topliss-reactive ketones (excluding diaryl/α,β-unsaturated/α-hetero) is 1. The van der Waals surface area contributed by atoms with E-state index in [4.69, 9.17) is 13.9 Å². The van der Waals surface area contributed by atoms with Crippen molar-refractivity contribution in [2.75, 3.05) is 19.5 Å². The Bertz CT molecular complexity index is 1280. The Morgan fingerprint density at radius 3 is 2.53 bits per heavy atom. The van der Waals surface area contributed by atoms with Gasteiger partial charge in [-0.05, 0) is 53.3 Å². The first-order chi connectivity index (χ1) is 15.3. The van der Waals surface area contributed by atoms with Crippen molar-refractivity contribution >= 4 is 28.4 Å². The van der Waals surface area contributed by atoms with Gasteiger partial charge in [0, 0.05) is 34.7 Å². The van der Waals surface area contributed by atoms with E-state index in [1.165, 1.54) is 7.11 Å². The number of nitrogens with one attached hydrogen (secondary N) is 1. The van der Waals surface area contributed by atoms with E-state index in [-0.39, 0.29) is 22.9 Å². The van der Waals surface area contributed by atoms with Gasteiger partial charge in [-0.25, -0.2) is 4.79 Å². The molecule has 32 heavy (non-hydrogen) atoms. The lowest BCUT2D eigenvalue weighted by molar-refractivity contribution is -0.118. The van der Waals surface area contributed by atoms with Gasteiger partial charge in [-0.15, -0.1) is 0 Å². The van der Waals surface area contributed by atoms with Crippen LogP contribution in [0, 0.1) is 5.41 Å². The third-order valence-electron chi connectivity index (χ3n) is 6.36. The normalized spacial score (nSPS) is 19.2. The zero-order valence-corrected chi connectivity index (χ0v) is 18.6. The molecule has 0 amide bonds. The molecule has 1 atom stereocenters. The van der Waals surface area contributed by atoms with Crippen LogP contribution < -0.4 is 10.1 Å². The zero-order valence-electron chi connectivity index (χ0n) is 18.6. The van der Waals surface area contributed by atoms with Gasteiger partial charge in [-0.1, -0.05) is 26.0 Å². The Kier molecular flexibility index (Phi) is 4.62. The van der Waals surface area contributed by atoms with Crippen LogP contribution >= 0.6 is 0 Å². The van der Waals surface area contributed by atoms with E-state index in [2.05, 4.69) is 19.2 Å². The zero-order chi connectivity index (χ0) is 22.6. The highest BCUT2D eigenvalue weighted by Crippen LogP contribution is 2.51. The number of anilines is 1. The lowest BCUT2D eigenvalue weighted by Crippen LogP contribution is -2.33. The first kappa shape index (κ1) is 20.4. The average molecular weight is 431 g/mol. The van der Waals surface area contributed by atoms with Crippen molar-refractivity contribution in [3.05, 3.63) is 70.6 Å². The summed E-state index contributed by atoms with van der Waals surface area (Å²) in [5, 5.41) is 4.32. The molecule has 1 aliphatic heterocycles. The molecule has 0 saturated carbocycles. The molecule has 164 valence electrons. The lowest BCUT2D eigenvalue weighted by Gasteiger charge is -2.39. The molecule has 5 rings (SSSR count). The first-order valence-electron chi connectivity index (χ1n) is 10.6. The Hall–Kier alpha value is -3.54. The molecule has 6 nitrogen and oxygen atoms in total. The molecule has 0 fully saturated rings. The summed E-state index contributed by atoms with van der Waals surface area (Å²) in [7, 11) is 2.96. The fourth-order valence-corrected chi connectivity index (χ4v) is 4.97. The number of carbonyl (C=O) groups excluding carboxylic acids is 2. The lowest BCUT2D eigenvalue weighted by atomic mass is 9.68. The van der Waals surface area contributed by atoms with Gasteiger partial charge in [0.15, 0.2) is 5.78 Å². The van der Waals surface area contributed by atoms with Crippen molar-refractivity contribution in [1.29, 1.82) is 0 Å². The van der Waals surface area contributed by atoms with Gasteiger partial charge in [-0.3, -0.25) is 4.79 Å². The number of hydrogen-bond donors (Lipinski definition) is 1. The van der Waals surface area contributed by atoms with Gasteiger partial charge in [0.2, 0.25) is 5.76 Å². The number of ether oxygens (including phenoxy) is 2. The number of rotatable bonds is 3. The summed E-state index contributed by atoms with van der Waals surface area (Å²) in [5.74, 6) is 0.226. The van der Waals surface area contributed by atoms with E-state index in [0.717, 1.165) is 45.6 Å². The molecular formula is C26H25NO5. The minimum absolute atomic E-state index is 0.108. The fraction of sp³-hybridized carbons (Fsp3) is 0.308. The standard InChI is InChI=1S/C26H25NO5/c1-26(2)12-18-24(19(28)13-26)22(14-5-7-15(30-3)8-6-14)23-16-11-21(25(29)31-4)32-20(16)10-9-17(23)27-18/h5-11,22,27H,12-13H2,1-4H3. The molecule has 0 radical (unpaired) electrons. The summed E-state index contributed by atoms with van der Waals surface area (Å²) in [6, 6.07) is 13.3. The van der Waals surface area contributed by atoms with E-state index in [0.29, 0.717) is 12.0 Å². The highest BCUT2D eigenvalue weighted by atomic mass is 16.5. The van der Waals surface area contributed by atoms with Crippen LogP contribution in [0.4, 0.5) is 5.69 Å². The largest absolute Gasteiger partial charge is 0.497 e. The van der Waals surface area contributed by atoms with Gasteiger partial charge in [-0.2, -0.15) is 0 Å². The quantitative estimate of drug-likeness (QED) is 0.557. The third kappa shape index (κ3) is 3.18. The van der Waals surface area contributed by atoms with Crippen LogP contribution in [0.15, 0.2) is 58.2 Å². The second-order valence-corrected chi connectivity index (χ2v) is 9.21. The molecule has 2 heterocycles. The van der Waals surface area contributed by atoms with Gasteiger partial charge < -0.3 is 19.2 Å². The van der Waals surface area contributed by atoms with Crippen LogP contribution in [-0.4, -0.2) is 26.0 Å². The molecular weight excluding hydrogens is 406 g/mol. The maximum atomic E-state index is 13.4. The van der Waals surface area contributed by atoms with E-state index in [1.54, 1.807) is 13.2 Å². The second-order valence-electron chi connectivity index (χ2n) is 9.21. The highest BCUT2D eigenvalue weighted by molar-refractivity contribution is 6.04. The Labute approximate surface area is 186 Å². The topological polar surface area (TPSA) is 77.8 Å². The van der Waals surface area contributed by atoms with Crippen molar-refractivity contribution in [2.45, 2.75) is 32.6 Å². The number of hydrogen-bond acceptors (Lipinski definition) is 6. The van der Waals surface area contributed by atoms with Crippen LogP contribution in [0.25, 0.3) is 11.0 Å². The maximum absolute atomic E-state index is 13.4. The maximum Gasteiger partial charge on any atom is 0.373 e. The van der Waals surface area contributed by atoms with Crippen molar-refractivity contribution in [3.8, 4) is 5.75 Å². The molecule has 2 aromatic carbocycles. The summed E-state index contributed by atoms with van der Waals surface area (Å²) in [5.41, 5.74) is 5.06. The molecule has 3 aromatic rings. The number of furan rings is 1. The molecule has 1 unspecified atom stereocenters. The number of esters is 1. The molecule has 6 heteroatoms. The minimum atomic E-state index is -0.532. The second kappa shape index (κ2) is 7.26. The van der Waals surface area contributed by atoms with Crippen LogP contribution in [0.3, 0.4) is 0 Å². The molecule has 1 N–H and O–H groups in total. The van der Waals surface area contributed by atoms with Gasteiger partial charge in [0.25, 0.3) is 0 Å². The molecule has 2 aliphatic rings. The summed E-state index contributed by atoms with van der Waals surface area (Å²) in [6.45, 7) is 4.24. The fourth-order valence-electron chi connectivity index (χ4n) is 4.97. The predicted molar refractivity (Wildman–Crippen MR) is 121 cm³/mol. The minimum Gasteiger partial charge on any atom is -0.497 e. The summed E-state index contributed by atoms with van der Waals surface area (Å²) < 4.78 is 16.0. The van der Waals surface area contributed by atoms with Crippen molar-refractivity contribution in [3.63, 3.8) is 0 Å². The molecule has 1 aromatic heterocycles. The van der Waals surface area contributed by atoms with Gasteiger partial charge >= 0.3 is 5.97 Å². The van der Waals surface area contributed by atoms with Crippen LogP contribution in [0.1, 0.15) is 54.3 Å². The SMILES string of the molecule is COC(=O)c1cc2c3c(ccc2o1)NC1=C(C(=O)CC(C)(C)C1)C3c1ccc(OC)cc1. The number of allylic oxidation sites excluding steroid dienone is 2. The Balaban J connectivity index is 1.77. The smallest absolute Gasteiger partial charge is 0.373 e. The third-order valence-corrected chi connectivity index (χ3v) is 6.36. The van der Waals surface area contributed by atoms with E-state index >= 15 is 0 Å². The Morgan fingerprint density at radius 2 is 1.84 bits per heavy atom. The molecule has 0 bridgehead atoms. The number of fused-ring (bicyclic) bond motifs is 3. The molecule has 0 spiro atoms. The summed E-state index contributed by atoms with van der Waals surface area (Å²) >= 11 is 0. The van der Waals surface area contributed by atoms with Gasteiger partial charge in [0.1, 0.15) is 11.3 Å². The van der Waals surface area contributed by atoms with Crippen molar-refractivity contribution in [1.82, 2.24) is 0 Å². The Morgan fingerprint density at radius 1 is 1.09 bits per heavy atom. The first-order valence-corrected chi connectivity index (χ1v) is 10.6. The van der Waals surface area contributed by atoms with Crippen LogP contribution in [0.5, 0.6) is 5.75 Å². The van der Waals surface area contributed by atoms with Crippen LogP contribution in [0.2, 0.25) is 0 Å². The molecule has 0 saturated heterocycles. The number of methoxy groups -OCH3 is 2. The van der Waals surface area contributed by atoms with E-state index < -0.39 is 5.97 Å². The number of benzene rings is 2. The summed E-state index contributed by atoms with van der Waals surface area (Å²) in [4.78, 5) is 25.6. The average Bonchev–Trinajstić information content (AvgIpc) is 3.21. The highest BCUT2D eigenvalue weighted by Gasteiger charge is 2.41. The van der Waals surface area contributed by atoms with E-state index in [1.807, 2.05) is 36.4 Å². The van der Waals surface area contributed by atoms with Crippen LogP contribution in [-0.2, 0) is 9.53 Å². The number of carbonyl (C=O) groups is 2. The van der Waals surface area contributed by atoms with Crippen molar-refractivity contribution in [2.24, 2.45) is 5.41 Å². The van der Waals surface area contributed by atoms with Crippen molar-refractivity contribution < 1.29 is 23.5 Å². The van der Waals surface area contributed by atoms with Gasteiger partial charge in [0.05, 0.1) is 14.2 Å². The monoisotopic (exact) mass is 431 g/mol. The summed E-state index contributed by atoms with van der Waals surface area (Å²) in [6.07, 6.45) is 1.28. The molecule has 1 aliphatic carbocycles. The number of ketones is 1.